The van der Waals surface area contributed by atoms with Gasteiger partial charge in [0, 0.05) is 0 Å². The summed E-state index contributed by atoms with van der Waals surface area (Å²) < 4.78 is 0. The maximum Gasteiger partial charge on any atom is 0.373 e. The Kier molecular flexibility index (Phi) is 17.1. The van der Waals surface area contributed by atoms with E-state index in [9.17, 15) is 4.79 Å². The molecule has 0 saturated heterocycles. The van der Waals surface area contributed by atoms with Crippen molar-refractivity contribution in [2.75, 3.05) is 6.61 Å². The second kappa shape index (κ2) is 18.9. The molecule has 0 amide bonds. The van der Waals surface area contributed by atoms with Crippen LogP contribution >= 0.6 is 0 Å². The van der Waals surface area contributed by atoms with E-state index in [1.807, 2.05) is 0 Å². The third-order valence-corrected chi connectivity index (χ3v) is 6.88. The molecule has 1 rings (SSSR count). The molecular weight excluding hydrogens is 420 g/mol. The van der Waals surface area contributed by atoms with Gasteiger partial charge in [0.1, 0.15) is 0 Å². The molecule has 0 aliphatic heterocycles. The van der Waals surface area contributed by atoms with Gasteiger partial charge in [-0.05, 0) is 98.4 Å². The van der Waals surface area contributed by atoms with E-state index in [4.69, 9.17) is 9.78 Å². The minimum Gasteiger partial charge on any atom is -0.293 e. The summed E-state index contributed by atoms with van der Waals surface area (Å²) in [7, 11) is 0. The van der Waals surface area contributed by atoms with E-state index in [-0.39, 0.29) is 5.97 Å². The van der Waals surface area contributed by atoms with Crippen LogP contribution in [0.15, 0.2) is 0 Å². The molecule has 1 aromatic rings. The molecule has 1 aromatic carbocycles. The second-order valence-corrected chi connectivity index (χ2v) is 9.83. The lowest BCUT2D eigenvalue weighted by Gasteiger charge is -2.26. The van der Waals surface area contributed by atoms with Crippen LogP contribution < -0.4 is 0 Å². The minimum atomic E-state index is -0.258. The minimum absolute atomic E-state index is 0.258. The Bertz CT molecular complexity index is 651. The number of carbonyl (C=O) groups excluding carboxylic acids is 1. The van der Waals surface area contributed by atoms with Gasteiger partial charge in [-0.1, -0.05) is 80.1 Å². The predicted octanol–water partition coefficient (Wildman–Crippen LogP) is 9.29. The van der Waals surface area contributed by atoms with Gasteiger partial charge >= 0.3 is 5.97 Å². The molecule has 0 bridgehead atoms. The van der Waals surface area contributed by atoms with Crippen molar-refractivity contribution >= 4 is 5.97 Å². The van der Waals surface area contributed by atoms with Crippen molar-refractivity contribution in [3.8, 4) is 0 Å². The smallest absolute Gasteiger partial charge is 0.293 e. The van der Waals surface area contributed by atoms with Gasteiger partial charge in [0.15, 0.2) is 0 Å². The van der Waals surface area contributed by atoms with Crippen molar-refractivity contribution in [3.63, 3.8) is 0 Å². The zero-order valence-electron chi connectivity index (χ0n) is 23.5. The lowest BCUT2D eigenvalue weighted by Crippen LogP contribution is -2.20. The van der Waals surface area contributed by atoms with E-state index in [1.54, 1.807) is 5.56 Å². The van der Waals surface area contributed by atoms with Gasteiger partial charge < -0.3 is 0 Å². The molecule has 0 aliphatic carbocycles. The van der Waals surface area contributed by atoms with Gasteiger partial charge in [-0.25, -0.2) is 4.79 Å². The molecule has 0 atom stereocenters. The van der Waals surface area contributed by atoms with Crippen LogP contribution in [0.5, 0.6) is 0 Å². The highest BCUT2D eigenvalue weighted by atomic mass is 17.2. The molecule has 0 N–H and O–H groups in total. The molecule has 0 spiro atoms. The number of carbonyl (C=O) groups is 1. The van der Waals surface area contributed by atoms with Gasteiger partial charge in [0.2, 0.25) is 0 Å². The molecule has 0 radical (unpaired) electrons. The van der Waals surface area contributed by atoms with Gasteiger partial charge in [0.05, 0.1) is 12.2 Å². The first-order valence-electron chi connectivity index (χ1n) is 14.6. The van der Waals surface area contributed by atoms with Crippen LogP contribution in [0.3, 0.4) is 0 Å². The fourth-order valence-corrected chi connectivity index (χ4v) is 4.84. The maximum atomic E-state index is 13.6. The summed E-state index contributed by atoms with van der Waals surface area (Å²) in [5.41, 5.74) is 7.92. The first kappa shape index (κ1) is 30.7. The molecule has 0 unspecified atom stereocenters. The summed E-state index contributed by atoms with van der Waals surface area (Å²) in [6.45, 7) is 13.9. The van der Waals surface area contributed by atoms with Crippen molar-refractivity contribution in [3.05, 3.63) is 33.4 Å². The topological polar surface area (TPSA) is 35.5 Å². The molecule has 0 fully saturated rings. The fraction of sp³-hybridized carbons (Fsp3) is 0.774. The number of hydrogen-bond donors (Lipinski definition) is 0. The zero-order valence-corrected chi connectivity index (χ0v) is 23.5. The standard InChI is InChI=1S/C31H54O3/c1-7-13-19-25-26(20-14-8-2)28(22-16-10-4)30(31(32)34-33-24-18-12-6)29(23-17-11-5)27(25)21-15-9-3/h7-24H2,1-6H3. The third-order valence-electron chi connectivity index (χ3n) is 6.88. The highest BCUT2D eigenvalue weighted by Crippen LogP contribution is 2.35. The lowest BCUT2D eigenvalue weighted by atomic mass is 9.78. The van der Waals surface area contributed by atoms with Crippen LogP contribution in [-0.4, -0.2) is 12.6 Å². The average Bonchev–Trinajstić information content (AvgIpc) is 2.85. The van der Waals surface area contributed by atoms with E-state index in [1.165, 1.54) is 60.8 Å². The van der Waals surface area contributed by atoms with Gasteiger partial charge in [0.25, 0.3) is 0 Å². The summed E-state index contributed by atoms with van der Waals surface area (Å²) in [4.78, 5) is 24.5. The SMILES string of the molecule is CCCCOOC(=O)c1c(CCCC)c(CCCC)c(CCCC)c(CCCC)c1CCCC. The third kappa shape index (κ3) is 9.72. The first-order valence-corrected chi connectivity index (χ1v) is 14.6. The quantitative estimate of drug-likeness (QED) is 0.107. The lowest BCUT2D eigenvalue weighted by molar-refractivity contribution is -0.241. The monoisotopic (exact) mass is 474 g/mol. The van der Waals surface area contributed by atoms with Crippen molar-refractivity contribution < 1.29 is 14.6 Å². The predicted molar refractivity (Wildman–Crippen MR) is 146 cm³/mol. The van der Waals surface area contributed by atoms with Crippen molar-refractivity contribution in [2.45, 2.75) is 151 Å². The van der Waals surface area contributed by atoms with E-state index in [0.29, 0.717) is 6.61 Å². The summed E-state index contributed by atoms with van der Waals surface area (Å²) in [6.07, 6.45) is 18.7. The number of benzene rings is 1. The largest absolute Gasteiger partial charge is 0.373 e. The molecule has 0 heterocycles. The van der Waals surface area contributed by atoms with E-state index >= 15 is 0 Å². The summed E-state index contributed by atoms with van der Waals surface area (Å²) in [5.74, 6) is -0.258. The molecule has 3 nitrogen and oxygen atoms in total. The van der Waals surface area contributed by atoms with Crippen molar-refractivity contribution in [2.24, 2.45) is 0 Å². The highest BCUT2D eigenvalue weighted by Gasteiger charge is 2.27. The second-order valence-electron chi connectivity index (χ2n) is 9.83. The van der Waals surface area contributed by atoms with Crippen LogP contribution in [0.25, 0.3) is 0 Å². The molecule has 0 aromatic heterocycles. The molecule has 0 aliphatic rings. The molecule has 196 valence electrons. The summed E-state index contributed by atoms with van der Waals surface area (Å²) in [6, 6.07) is 0. The molecular formula is C31H54O3. The normalized spacial score (nSPS) is 11.2. The molecule has 0 saturated carbocycles. The van der Waals surface area contributed by atoms with Gasteiger partial charge in [-0.2, -0.15) is 4.89 Å². The Hall–Kier alpha value is -1.35. The Balaban J connectivity index is 3.79. The number of unbranched alkanes of at least 4 members (excludes halogenated alkanes) is 6. The Labute approximate surface area is 211 Å². The van der Waals surface area contributed by atoms with Gasteiger partial charge in [-0.15, -0.1) is 0 Å². The van der Waals surface area contributed by atoms with Crippen LogP contribution in [-0.2, 0) is 41.9 Å². The van der Waals surface area contributed by atoms with Crippen LogP contribution in [0, 0.1) is 0 Å². The summed E-state index contributed by atoms with van der Waals surface area (Å²) >= 11 is 0. The van der Waals surface area contributed by atoms with Gasteiger partial charge in [-0.3, -0.25) is 4.89 Å². The van der Waals surface area contributed by atoms with Crippen LogP contribution in [0.4, 0.5) is 0 Å². The van der Waals surface area contributed by atoms with E-state index in [2.05, 4.69) is 41.5 Å². The summed E-state index contributed by atoms with van der Waals surface area (Å²) in [5, 5.41) is 0. The van der Waals surface area contributed by atoms with Crippen LogP contribution in [0.2, 0.25) is 0 Å². The first-order chi connectivity index (χ1) is 16.6. The Morgan fingerprint density at radius 2 is 0.824 bits per heavy atom. The molecule has 34 heavy (non-hydrogen) atoms. The number of hydrogen-bond acceptors (Lipinski definition) is 3. The Morgan fingerprint density at radius 3 is 1.18 bits per heavy atom. The van der Waals surface area contributed by atoms with E-state index in [0.717, 1.165) is 76.2 Å². The van der Waals surface area contributed by atoms with E-state index < -0.39 is 0 Å². The Morgan fingerprint density at radius 1 is 0.500 bits per heavy atom. The maximum absolute atomic E-state index is 13.6. The zero-order chi connectivity index (χ0) is 25.2. The van der Waals surface area contributed by atoms with Crippen molar-refractivity contribution in [1.82, 2.24) is 0 Å². The van der Waals surface area contributed by atoms with Crippen molar-refractivity contribution in [1.29, 1.82) is 0 Å². The average molecular weight is 475 g/mol. The molecule has 3 heteroatoms. The fourth-order valence-electron chi connectivity index (χ4n) is 4.84. The van der Waals surface area contributed by atoms with Crippen LogP contribution in [0.1, 0.15) is 157 Å². The highest BCUT2D eigenvalue weighted by molar-refractivity contribution is 5.94. The number of rotatable bonds is 20.